The molecule has 104 valence electrons. The molecule has 19 heavy (non-hydrogen) atoms. The molecule has 0 aromatic heterocycles. The van der Waals surface area contributed by atoms with Gasteiger partial charge in [-0.25, -0.2) is 0 Å². The molecule has 0 radical (unpaired) electrons. The van der Waals surface area contributed by atoms with Crippen molar-refractivity contribution in [1.82, 2.24) is 4.90 Å². The topological polar surface area (TPSA) is 38.5 Å². The van der Waals surface area contributed by atoms with Crippen molar-refractivity contribution in [3.63, 3.8) is 0 Å². The Bertz CT molecular complexity index is 463. The van der Waals surface area contributed by atoms with Gasteiger partial charge in [-0.2, -0.15) is 0 Å². The highest BCUT2D eigenvalue weighted by atomic mass is 35.5. The first-order chi connectivity index (χ1) is 9.11. The Morgan fingerprint density at radius 1 is 1.53 bits per heavy atom. The van der Waals surface area contributed by atoms with Gasteiger partial charge in [-0.1, -0.05) is 11.6 Å². The summed E-state index contributed by atoms with van der Waals surface area (Å²) in [5.74, 6) is 1.63. The maximum absolute atomic E-state index is 6.02. The minimum atomic E-state index is 0.264. The first-order valence-electron chi connectivity index (χ1n) is 7.05. The number of hydrogen-bond donors (Lipinski definition) is 1. The Balaban J connectivity index is 1.56. The molecule has 4 heteroatoms. The summed E-state index contributed by atoms with van der Waals surface area (Å²) in [6.45, 7) is 5.35. The monoisotopic (exact) mass is 280 g/mol. The van der Waals surface area contributed by atoms with E-state index in [0.717, 1.165) is 36.8 Å². The quantitative estimate of drug-likeness (QED) is 0.923. The minimum absolute atomic E-state index is 0.264. The lowest BCUT2D eigenvalue weighted by molar-refractivity contribution is 0.164. The highest BCUT2D eigenvalue weighted by Crippen LogP contribution is 2.32. The second kappa shape index (κ2) is 5.31. The molecule has 1 saturated heterocycles. The maximum atomic E-state index is 6.02. The van der Waals surface area contributed by atoms with Crippen LogP contribution >= 0.6 is 11.6 Å². The van der Waals surface area contributed by atoms with E-state index in [2.05, 4.69) is 11.8 Å². The van der Waals surface area contributed by atoms with E-state index < -0.39 is 0 Å². The van der Waals surface area contributed by atoms with Crippen molar-refractivity contribution in [3.05, 3.63) is 28.8 Å². The molecule has 0 spiro atoms. The summed E-state index contributed by atoms with van der Waals surface area (Å²) in [6, 6.07) is 6.19. The van der Waals surface area contributed by atoms with Crippen molar-refractivity contribution in [2.24, 2.45) is 11.7 Å². The summed E-state index contributed by atoms with van der Waals surface area (Å²) in [4.78, 5) is 2.48. The molecule has 3 rings (SSSR count). The average molecular weight is 281 g/mol. The molecule has 3 nitrogen and oxygen atoms in total. The van der Waals surface area contributed by atoms with E-state index in [0.29, 0.717) is 12.0 Å². The number of hydrogen-bond acceptors (Lipinski definition) is 3. The van der Waals surface area contributed by atoms with Gasteiger partial charge in [-0.3, -0.25) is 4.90 Å². The lowest BCUT2D eigenvalue weighted by Crippen LogP contribution is -2.35. The van der Waals surface area contributed by atoms with Gasteiger partial charge in [0.2, 0.25) is 0 Å². The zero-order valence-electron chi connectivity index (χ0n) is 11.3. The first kappa shape index (κ1) is 13.2. The van der Waals surface area contributed by atoms with Crippen LogP contribution in [0.2, 0.25) is 5.02 Å². The molecular weight excluding hydrogens is 260 g/mol. The second-order valence-corrected chi connectivity index (χ2v) is 6.30. The van der Waals surface area contributed by atoms with Crippen LogP contribution in [0.5, 0.6) is 5.75 Å². The lowest BCUT2D eigenvalue weighted by Gasteiger charge is -2.21. The van der Waals surface area contributed by atoms with Crippen LogP contribution in [0.25, 0.3) is 0 Å². The minimum Gasteiger partial charge on any atom is -0.488 e. The fraction of sp³-hybridized carbons (Fsp3) is 0.600. The molecular formula is C15H21ClN2O. The highest BCUT2D eigenvalue weighted by Gasteiger charge is 2.30. The Kier molecular flexibility index (Phi) is 3.70. The average Bonchev–Trinajstić information content (AvgIpc) is 2.95. The van der Waals surface area contributed by atoms with Crippen LogP contribution in [-0.4, -0.2) is 36.7 Å². The maximum Gasteiger partial charge on any atom is 0.123 e. The van der Waals surface area contributed by atoms with Gasteiger partial charge in [0.1, 0.15) is 11.9 Å². The summed E-state index contributed by atoms with van der Waals surface area (Å²) in [5, 5.41) is 0.793. The van der Waals surface area contributed by atoms with Crippen molar-refractivity contribution in [2.45, 2.75) is 31.9 Å². The van der Waals surface area contributed by atoms with Crippen LogP contribution in [0.4, 0.5) is 0 Å². The summed E-state index contributed by atoms with van der Waals surface area (Å²) in [6.07, 6.45) is 2.44. The molecule has 1 aromatic rings. The van der Waals surface area contributed by atoms with Gasteiger partial charge < -0.3 is 10.5 Å². The van der Waals surface area contributed by atoms with Crippen LogP contribution in [0.15, 0.2) is 18.2 Å². The summed E-state index contributed by atoms with van der Waals surface area (Å²) in [5.41, 5.74) is 7.22. The van der Waals surface area contributed by atoms with Gasteiger partial charge in [-0.15, -0.1) is 0 Å². The number of likely N-dealkylation sites (tertiary alicyclic amines) is 1. The SMILES string of the molecule is CC(N)C1CCN(CC2Cc3cc(Cl)ccc3O2)C1. The Morgan fingerprint density at radius 3 is 3.11 bits per heavy atom. The van der Waals surface area contributed by atoms with Crippen LogP contribution in [0.1, 0.15) is 18.9 Å². The molecule has 2 heterocycles. The van der Waals surface area contributed by atoms with E-state index in [9.17, 15) is 0 Å². The molecule has 3 atom stereocenters. The van der Waals surface area contributed by atoms with Gasteiger partial charge in [0.05, 0.1) is 0 Å². The third kappa shape index (κ3) is 2.88. The number of halogens is 1. The fourth-order valence-electron chi connectivity index (χ4n) is 3.14. The molecule has 0 bridgehead atoms. The fourth-order valence-corrected chi connectivity index (χ4v) is 3.33. The molecule has 2 aliphatic rings. The zero-order chi connectivity index (χ0) is 13.4. The number of nitrogens with two attached hydrogens (primary N) is 1. The van der Waals surface area contributed by atoms with Gasteiger partial charge >= 0.3 is 0 Å². The molecule has 0 aliphatic carbocycles. The van der Waals surface area contributed by atoms with Gasteiger partial charge in [0.25, 0.3) is 0 Å². The van der Waals surface area contributed by atoms with Crippen LogP contribution < -0.4 is 10.5 Å². The Labute approximate surface area is 119 Å². The predicted molar refractivity (Wildman–Crippen MR) is 77.8 cm³/mol. The largest absolute Gasteiger partial charge is 0.488 e. The van der Waals surface area contributed by atoms with E-state index in [4.69, 9.17) is 22.1 Å². The third-order valence-electron chi connectivity index (χ3n) is 4.28. The van der Waals surface area contributed by atoms with Crippen molar-refractivity contribution < 1.29 is 4.74 Å². The molecule has 1 fully saturated rings. The Hall–Kier alpha value is -0.770. The molecule has 0 saturated carbocycles. The van der Waals surface area contributed by atoms with Crippen LogP contribution in [0, 0.1) is 5.92 Å². The number of fused-ring (bicyclic) bond motifs is 1. The van der Waals surface area contributed by atoms with E-state index in [1.165, 1.54) is 12.0 Å². The number of nitrogens with zero attached hydrogens (tertiary/aromatic N) is 1. The summed E-state index contributed by atoms with van der Waals surface area (Å²) < 4.78 is 5.99. The molecule has 1 aromatic carbocycles. The number of benzene rings is 1. The van der Waals surface area contributed by atoms with Gasteiger partial charge in [-0.05, 0) is 49.6 Å². The van der Waals surface area contributed by atoms with E-state index in [-0.39, 0.29) is 6.10 Å². The van der Waals surface area contributed by atoms with Gasteiger partial charge in [0.15, 0.2) is 0 Å². The standard InChI is InChI=1S/C15H21ClN2O/c1-10(17)11-4-5-18(8-11)9-14-7-12-6-13(16)2-3-15(12)19-14/h2-3,6,10-11,14H,4-5,7-9,17H2,1H3. The van der Waals surface area contributed by atoms with Gasteiger partial charge in [0, 0.05) is 30.6 Å². The van der Waals surface area contributed by atoms with Crippen molar-refractivity contribution >= 4 is 11.6 Å². The third-order valence-corrected chi connectivity index (χ3v) is 4.51. The Morgan fingerprint density at radius 2 is 2.37 bits per heavy atom. The molecule has 3 unspecified atom stereocenters. The molecule has 2 N–H and O–H groups in total. The van der Waals surface area contributed by atoms with Crippen LogP contribution in [0.3, 0.4) is 0 Å². The van der Waals surface area contributed by atoms with E-state index in [1.54, 1.807) is 0 Å². The number of ether oxygens (including phenoxy) is 1. The first-order valence-corrected chi connectivity index (χ1v) is 7.42. The van der Waals surface area contributed by atoms with Crippen LogP contribution in [-0.2, 0) is 6.42 Å². The predicted octanol–water partition coefficient (Wildman–Crippen LogP) is 2.31. The van der Waals surface area contributed by atoms with E-state index >= 15 is 0 Å². The lowest BCUT2D eigenvalue weighted by atomic mass is 10.0. The smallest absolute Gasteiger partial charge is 0.123 e. The number of rotatable bonds is 3. The zero-order valence-corrected chi connectivity index (χ0v) is 12.1. The second-order valence-electron chi connectivity index (χ2n) is 5.86. The summed E-state index contributed by atoms with van der Waals surface area (Å²) >= 11 is 6.02. The normalized spacial score (nSPS) is 28.2. The van der Waals surface area contributed by atoms with Crippen molar-refractivity contribution in [2.75, 3.05) is 19.6 Å². The summed E-state index contributed by atoms with van der Waals surface area (Å²) in [7, 11) is 0. The van der Waals surface area contributed by atoms with E-state index in [1.807, 2.05) is 18.2 Å². The van der Waals surface area contributed by atoms with Crippen molar-refractivity contribution in [3.8, 4) is 5.75 Å². The molecule has 2 aliphatic heterocycles. The molecule has 0 amide bonds. The highest BCUT2D eigenvalue weighted by molar-refractivity contribution is 6.30. The van der Waals surface area contributed by atoms with Crippen molar-refractivity contribution in [1.29, 1.82) is 0 Å².